The minimum absolute atomic E-state index is 0.269. The molecule has 1 saturated heterocycles. The van der Waals surface area contributed by atoms with Gasteiger partial charge in [0, 0.05) is 19.5 Å². The van der Waals surface area contributed by atoms with Crippen molar-refractivity contribution >= 4 is 11.6 Å². The smallest absolute Gasteiger partial charge is 0.222 e. The van der Waals surface area contributed by atoms with Gasteiger partial charge in [0.05, 0.1) is 12.3 Å². The van der Waals surface area contributed by atoms with Crippen LogP contribution in [-0.4, -0.2) is 30.5 Å². The number of rotatable bonds is 6. The summed E-state index contributed by atoms with van der Waals surface area (Å²) in [5, 5.41) is 0. The zero-order valence-electron chi connectivity index (χ0n) is 14.5. The minimum atomic E-state index is 0.269. The number of amides is 1. The first kappa shape index (κ1) is 17.6. The van der Waals surface area contributed by atoms with Crippen molar-refractivity contribution in [2.45, 2.75) is 52.4 Å². The van der Waals surface area contributed by atoms with Gasteiger partial charge >= 0.3 is 0 Å². The monoisotopic (exact) mass is 318 g/mol. The fourth-order valence-electron chi connectivity index (χ4n) is 2.87. The average molecular weight is 318 g/mol. The van der Waals surface area contributed by atoms with Gasteiger partial charge in [-0.15, -0.1) is 0 Å². The maximum absolute atomic E-state index is 12.3. The van der Waals surface area contributed by atoms with Crippen LogP contribution in [0.15, 0.2) is 18.2 Å². The summed E-state index contributed by atoms with van der Waals surface area (Å²) in [7, 11) is 0. The Morgan fingerprint density at radius 2 is 1.91 bits per heavy atom. The summed E-state index contributed by atoms with van der Waals surface area (Å²) >= 11 is 0. The summed E-state index contributed by atoms with van der Waals surface area (Å²) in [6.07, 6.45) is 6.08. The Hall–Kier alpha value is -1.71. The van der Waals surface area contributed by atoms with E-state index in [2.05, 4.69) is 13.8 Å². The molecule has 2 rings (SSSR count). The van der Waals surface area contributed by atoms with Gasteiger partial charge in [-0.25, -0.2) is 0 Å². The van der Waals surface area contributed by atoms with E-state index in [-0.39, 0.29) is 5.91 Å². The van der Waals surface area contributed by atoms with Crippen molar-refractivity contribution < 1.29 is 9.53 Å². The van der Waals surface area contributed by atoms with E-state index in [0.29, 0.717) is 24.6 Å². The van der Waals surface area contributed by atoms with Crippen molar-refractivity contribution in [3.63, 3.8) is 0 Å². The maximum atomic E-state index is 12.3. The van der Waals surface area contributed by atoms with Crippen LogP contribution in [0.4, 0.5) is 5.69 Å². The van der Waals surface area contributed by atoms with Crippen LogP contribution in [0.2, 0.25) is 0 Å². The number of nitrogen functional groups attached to an aromatic ring is 1. The standard InChI is InChI=1S/C19H30N2O2/c1-15(2)14-23-18-9-7-16(13-17(18)20)8-10-19(22)21-11-5-3-4-6-12-21/h7,9,13,15H,3-6,8,10-12,14,20H2,1-2H3. The summed E-state index contributed by atoms with van der Waals surface area (Å²) in [4.78, 5) is 14.3. The molecule has 4 heteroatoms. The van der Waals surface area contributed by atoms with Crippen LogP contribution < -0.4 is 10.5 Å². The SMILES string of the molecule is CC(C)COc1ccc(CCC(=O)N2CCCCCC2)cc1N. The van der Waals surface area contributed by atoms with Gasteiger partial charge in [-0.3, -0.25) is 4.79 Å². The lowest BCUT2D eigenvalue weighted by Gasteiger charge is -2.20. The zero-order chi connectivity index (χ0) is 16.7. The number of nitrogens with zero attached hydrogens (tertiary/aromatic N) is 1. The number of carbonyl (C=O) groups excluding carboxylic acids is 1. The number of hydrogen-bond acceptors (Lipinski definition) is 3. The summed E-state index contributed by atoms with van der Waals surface area (Å²) in [6, 6.07) is 5.87. The number of hydrogen-bond donors (Lipinski definition) is 1. The topological polar surface area (TPSA) is 55.6 Å². The normalized spacial score (nSPS) is 15.5. The number of nitrogens with two attached hydrogens (primary N) is 1. The third-order valence-corrected chi connectivity index (χ3v) is 4.23. The second kappa shape index (κ2) is 8.80. The highest BCUT2D eigenvalue weighted by molar-refractivity contribution is 5.76. The Morgan fingerprint density at radius 1 is 1.22 bits per heavy atom. The van der Waals surface area contributed by atoms with Crippen LogP contribution in [0.1, 0.15) is 51.5 Å². The third-order valence-electron chi connectivity index (χ3n) is 4.23. The lowest BCUT2D eigenvalue weighted by molar-refractivity contribution is -0.131. The van der Waals surface area contributed by atoms with Crippen molar-refractivity contribution in [1.82, 2.24) is 4.90 Å². The van der Waals surface area contributed by atoms with Crippen molar-refractivity contribution in [3.8, 4) is 5.75 Å². The summed E-state index contributed by atoms with van der Waals surface area (Å²) in [5.74, 6) is 1.48. The molecular formula is C19H30N2O2. The predicted molar refractivity (Wildman–Crippen MR) is 94.6 cm³/mol. The molecule has 128 valence electrons. The van der Waals surface area contributed by atoms with Crippen molar-refractivity contribution in [3.05, 3.63) is 23.8 Å². The molecule has 0 aliphatic carbocycles. The Kier molecular flexibility index (Phi) is 6.75. The molecule has 23 heavy (non-hydrogen) atoms. The maximum Gasteiger partial charge on any atom is 0.222 e. The minimum Gasteiger partial charge on any atom is -0.491 e. The van der Waals surface area contributed by atoms with Crippen LogP contribution in [-0.2, 0) is 11.2 Å². The van der Waals surface area contributed by atoms with Crippen LogP contribution >= 0.6 is 0 Å². The summed E-state index contributed by atoms with van der Waals surface area (Å²) < 4.78 is 5.69. The largest absolute Gasteiger partial charge is 0.491 e. The van der Waals surface area contributed by atoms with Crippen molar-refractivity contribution in [2.24, 2.45) is 5.92 Å². The predicted octanol–water partition coefficient (Wildman–Crippen LogP) is 3.64. The molecule has 1 aliphatic heterocycles. The van der Waals surface area contributed by atoms with Crippen LogP contribution in [0, 0.1) is 5.92 Å². The Morgan fingerprint density at radius 3 is 2.52 bits per heavy atom. The second-order valence-corrected chi connectivity index (χ2v) is 6.87. The second-order valence-electron chi connectivity index (χ2n) is 6.87. The van der Waals surface area contributed by atoms with E-state index >= 15 is 0 Å². The first-order valence-corrected chi connectivity index (χ1v) is 8.85. The van der Waals surface area contributed by atoms with E-state index in [1.165, 1.54) is 12.8 Å². The Balaban J connectivity index is 1.85. The highest BCUT2D eigenvalue weighted by atomic mass is 16.5. The molecule has 1 aromatic carbocycles. The first-order valence-electron chi connectivity index (χ1n) is 8.85. The molecule has 0 bridgehead atoms. The molecule has 1 fully saturated rings. The number of benzene rings is 1. The zero-order valence-corrected chi connectivity index (χ0v) is 14.5. The fraction of sp³-hybridized carbons (Fsp3) is 0.632. The number of aryl methyl sites for hydroxylation is 1. The van der Waals surface area contributed by atoms with E-state index in [9.17, 15) is 4.79 Å². The van der Waals surface area contributed by atoms with Gasteiger partial charge in [-0.2, -0.15) is 0 Å². The van der Waals surface area contributed by atoms with Gasteiger partial charge in [0.25, 0.3) is 0 Å². The molecule has 2 N–H and O–H groups in total. The molecule has 0 atom stereocenters. The fourth-order valence-corrected chi connectivity index (χ4v) is 2.87. The molecule has 0 saturated carbocycles. The van der Waals surface area contributed by atoms with E-state index < -0.39 is 0 Å². The number of anilines is 1. The average Bonchev–Trinajstić information content (AvgIpc) is 2.80. The highest BCUT2D eigenvalue weighted by Gasteiger charge is 2.15. The van der Waals surface area contributed by atoms with Crippen molar-refractivity contribution in [2.75, 3.05) is 25.4 Å². The summed E-state index contributed by atoms with van der Waals surface area (Å²) in [6.45, 7) is 6.72. The van der Waals surface area contributed by atoms with E-state index in [1.54, 1.807) is 0 Å². The molecule has 1 aromatic rings. The molecule has 1 heterocycles. The van der Waals surface area contributed by atoms with E-state index in [1.807, 2.05) is 23.1 Å². The molecule has 1 amide bonds. The number of ether oxygens (including phenoxy) is 1. The lowest BCUT2D eigenvalue weighted by Crippen LogP contribution is -2.31. The number of carbonyl (C=O) groups is 1. The molecule has 0 unspecified atom stereocenters. The van der Waals surface area contributed by atoms with Gasteiger partial charge in [0.15, 0.2) is 0 Å². The first-order chi connectivity index (χ1) is 11.1. The lowest BCUT2D eigenvalue weighted by atomic mass is 10.1. The quantitative estimate of drug-likeness (QED) is 0.815. The van der Waals surface area contributed by atoms with Crippen LogP contribution in [0.5, 0.6) is 5.75 Å². The van der Waals surface area contributed by atoms with Gasteiger partial charge < -0.3 is 15.4 Å². The molecular weight excluding hydrogens is 288 g/mol. The summed E-state index contributed by atoms with van der Waals surface area (Å²) in [5.41, 5.74) is 7.81. The molecule has 0 spiro atoms. The Labute approximate surface area is 140 Å². The van der Waals surface area contributed by atoms with Gasteiger partial charge in [-0.05, 0) is 42.9 Å². The Bertz CT molecular complexity index is 506. The third kappa shape index (κ3) is 5.77. The van der Waals surface area contributed by atoms with E-state index in [0.717, 1.165) is 43.7 Å². The molecule has 4 nitrogen and oxygen atoms in total. The number of likely N-dealkylation sites (tertiary alicyclic amines) is 1. The van der Waals surface area contributed by atoms with Crippen LogP contribution in [0.3, 0.4) is 0 Å². The van der Waals surface area contributed by atoms with Gasteiger partial charge in [0.1, 0.15) is 5.75 Å². The molecule has 0 radical (unpaired) electrons. The molecule has 0 aromatic heterocycles. The van der Waals surface area contributed by atoms with Crippen LogP contribution in [0.25, 0.3) is 0 Å². The van der Waals surface area contributed by atoms with Gasteiger partial charge in [0.2, 0.25) is 5.91 Å². The van der Waals surface area contributed by atoms with Gasteiger partial charge in [-0.1, -0.05) is 32.8 Å². The van der Waals surface area contributed by atoms with Crippen molar-refractivity contribution in [1.29, 1.82) is 0 Å². The molecule has 1 aliphatic rings. The van der Waals surface area contributed by atoms with E-state index in [4.69, 9.17) is 10.5 Å². The highest BCUT2D eigenvalue weighted by Crippen LogP contribution is 2.24.